The molecule has 1 saturated heterocycles. The molecule has 5 nitrogen and oxygen atoms in total. The van der Waals surface area contributed by atoms with Gasteiger partial charge in [-0.25, -0.2) is 4.98 Å². The van der Waals surface area contributed by atoms with Crippen LogP contribution in [0, 0.1) is 0 Å². The van der Waals surface area contributed by atoms with Crippen molar-refractivity contribution in [3.05, 3.63) is 47.5 Å². The number of likely N-dealkylation sites (N-methyl/N-ethyl adjacent to an activating group) is 1. The Labute approximate surface area is 150 Å². The van der Waals surface area contributed by atoms with E-state index in [0.29, 0.717) is 18.0 Å². The molecular weight excluding hydrogens is 312 g/mol. The van der Waals surface area contributed by atoms with Gasteiger partial charge in [-0.15, -0.1) is 0 Å². The van der Waals surface area contributed by atoms with Gasteiger partial charge in [-0.05, 0) is 49.6 Å². The van der Waals surface area contributed by atoms with Crippen LogP contribution in [0.4, 0.5) is 0 Å². The first-order valence-corrected chi connectivity index (χ1v) is 9.23. The summed E-state index contributed by atoms with van der Waals surface area (Å²) in [4.78, 5) is 6.75. The second-order valence-electron chi connectivity index (χ2n) is 7.54. The number of fused-ring (bicyclic) bond motifs is 1. The average Bonchev–Trinajstić information content (AvgIpc) is 3.20. The summed E-state index contributed by atoms with van der Waals surface area (Å²) < 4.78 is 7.63. The molecule has 0 amide bonds. The number of aromatic nitrogens is 2. The fourth-order valence-electron chi connectivity index (χ4n) is 4.53. The molecule has 25 heavy (non-hydrogen) atoms. The minimum Gasteiger partial charge on any atom is -0.497 e. The Hall–Kier alpha value is -1.85. The smallest absolute Gasteiger partial charge is 0.119 e. The van der Waals surface area contributed by atoms with Crippen molar-refractivity contribution in [1.82, 2.24) is 19.8 Å². The van der Waals surface area contributed by atoms with Crippen LogP contribution in [0.1, 0.15) is 41.6 Å². The zero-order valence-corrected chi connectivity index (χ0v) is 15.4. The second kappa shape index (κ2) is 6.81. The van der Waals surface area contributed by atoms with Crippen molar-refractivity contribution in [2.75, 3.05) is 27.2 Å². The summed E-state index contributed by atoms with van der Waals surface area (Å²) >= 11 is 0. The number of rotatable bonds is 4. The van der Waals surface area contributed by atoms with Crippen LogP contribution in [0.15, 0.2) is 30.7 Å². The quantitative estimate of drug-likeness (QED) is 0.929. The van der Waals surface area contributed by atoms with Gasteiger partial charge in [0.05, 0.1) is 13.4 Å². The van der Waals surface area contributed by atoms with E-state index in [9.17, 15) is 0 Å². The highest BCUT2D eigenvalue weighted by Gasteiger charge is 2.35. The molecule has 1 N–H and O–H groups in total. The summed E-state index contributed by atoms with van der Waals surface area (Å²) in [5.74, 6) is 1.44. The highest BCUT2D eigenvalue weighted by Crippen LogP contribution is 2.35. The van der Waals surface area contributed by atoms with Crippen molar-refractivity contribution in [2.45, 2.75) is 37.3 Å². The zero-order valence-electron chi connectivity index (χ0n) is 15.4. The first-order valence-electron chi connectivity index (χ1n) is 9.23. The predicted octanol–water partition coefficient (Wildman–Crippen LogP) is 2.49. The maximum absolute atomic E-state index is 5.46. The number of imidazole rings is 1. The third kappa shape index (κ3) is 3.18. The van der Waals surface area contributed by atoms with Gasteiger partial charge in [0.1, 0.15) is 5.75 Å². The lowest BCUT2D eigenvalue weighted by atomic mass is 9.86. The lowest BCUT2D eigenvalue weighted by Crippen LogP contribution is -2.39. The van der Waals surface area contributed by atoms with Gasteiger partial charge in [-0.2, -0.15) is 0 Å². The van der Waals surface area contributed by atoms with E-state index in [-0.39, 0.29) is 0 Å². The molecule has 0 spiro atoms. The largest absolute Gasteiger partial charge is 0.497 e. The average molecular weight is 340 g/mol. The summed E-state index contributed by atoms with van der Waals surface area (Å²) in [6.45, 7) is 2.15. The molecule has 134 valence electrons. The van der Waals surface area contributed by atoms with E-state index in [1.165, 1.54) is 36.1 Å². The number of aryl methyl sites for hydroxylation is 2. The van der Waals surface area contributed by atoms with Gasteiger partial charge in [0.2, 0.25) is 0 Å². The Morgan fingerprint density at radius 1 is 1.24 bits per heavy atom. The van der Waals surface area contributed by atoms with E-state index < -0.39 is 0 Å². The molecule has 3 atom stereocenters. The summed E-state index contributed by atoms with van der Waals surface area (Å²) in [6, 6.07) is 7.41. The summed E-state index contributed by atoms with van der Waals surface area (Å²) in [6.07, 6.45) is 7.55. The number of hydrogen-bond acceptors (Lipinski definition) is 4. The van der Waals surface area contributed by atoms with Gasteiger partial charge < -0.3 is 19.5 Å². The van der Waals surface area contributed by atoms with Crippen LogP contribution < -0.4 is 10.1 Å². The van der Waals surface area contributed by atoms with Crippen LogP contribution in [0.2, 0.25) is 0 Å². The number of methoxy groups -OCH3 is 1. The Kier molecular flexibility index (Phi) is 4.52. The number of nitrogens with one attached hydrogen (secondary N) is 1. The predicted molar refractivity (Wildman–Crippen MR) is 99.0 cm³/mol. The molecule has 1 fully saturated rings. The first-order chi connectivity index (χ1) is 12.2. The van der Waals surface area contributed by atoms with Crippen molar-refractivity contribution in [1.29, 1.82) is 0 Å². The highest BCUT2D eigenvalue weighted by molar-refractivity contribution is 5.39. The van der Waals surface area contributed by atoms with E-state index in [4.69, 9.17) is 4.74 Å². The maximum atomic E-state index is 5.46. The SMILES string of the molecule is COc1ccc2c(c1)C(N[C@@H]1CN(C)C[C@H]1c1cncn1C)CCC2. The van der Waals surface area contributed by atoms with Gasteiger partial charge in [-0.3, -0.25) is 0 Å². The van der Waals surface area contributed by atoms with Gasteiger partial charge in [0.15, 0.2) is 0 Å². The summed E-state index contributed by atoms with van der Waals surface area (Å²) in [5, 5.41) is 3.98. The fourth-order valence-corrected chi connectivity index (χ4v) is 4.53. The number of hydrogen-bond donors (Lipinski definition) is 1. The van der Waals surface area contributed by atoms with Crippen LogP contribution in [0.3, 0.4) is 0 Å². The van der Waals surface area contributed by atoms with Crippen LogP contribution in [-0.2, 0) is 13.5 Å². The standard InChI is InChI=1S/C20H28N4O/c1-23-11-17(20-10-21-13-24(20)2)19(12-23)22-18-6-4-5-14-7-8-15(25-3)9-16(14)18/h7-10,13,17-19,22H,4-6,11-12H2,1-3H3/t17-,18?,19-/m1/s1. The molecule has 1 aromatic heterocycles. The molecule has 1 aromatic carbocycles. The van der Waals surface area contributed by atoms with E-state index in [2.05, 4.69) is 52.1 Å². The molecule has 4 rings (SSSR count). The molecule has 5 heteroatoms. The van der Waals surface area contributed by atoms with Crippen LogP contribution in [0.25, 0.3) is 0 Å². The number of likely N-dealkylation sites (tertiary alicyclic amines) is 1. The summed E-state index contributed by atoms with van der Waals surface area (Å²) in [7, 11) is 6.05. The van der Waals surface area contributed by atoms with E-state index in [1.807, 2.05) is 12.5 Å². The Balaban J connectivity index is 1.59. The van der Waals surface area contributed by atoms with Crippen molar-refractivity contribution in [3.63, 3.8) is 0 Å². The van der Waals surface area contributed by atoms with Gasteiger partial charge in [0.25, 0.3) is 0 Å². The number of benzene rings is 1. The number of nitrogens with zero attached hydrogens (tertiary/aromatic N) is 3. The second-order valence-corrected chi connectivity index (χ2v) is 7.54. The van der Waals surface area contributed by atoms with E-state index >= 15 is 0 Å². The lowest BCUT2D eigenvalue weighted by molar-refractivity contribution is 0.360. The zero-order chi connectivity index (χ0) is 17.4. The van der Waals surface area contributed by atoms with Crippen molar-refractivity contribution in [2.24, 2.45) is 7.05 Å². The van der Waals surface area contributed by atoms with Crippen molar-refractivity contribution in [3.8, 4) is 5.75 Å². The minimum atomic E-state index is 0.408. The minimum absolute atomic E-state index is 0.408. The Morgan fingerprint density at radius 3 is 2.88 bits per heavy atom. The van der Waals surface area contributed by atoms with Crippen LogP contribution in [0.5, 0.6) is 5.75 Å². The third-order valence-electron chi connectivity index (χ3n) is 5.82. The fraction of sp³-hybridized carbons (Fsp3) is 0.550. The van der Waals surface area contributed by atoms with E-state index in [0.717, 1.165) is 18.8 Å². The topological polar surface area (TPSA) is 42.3 Å². The molecule has 0 bridgehead atoms. The van der Waals surface area contributed by atoms with E-state index in [1.54, 1.807) is 7.11 Å². The summed E-state index contributed by atoms with van der Waals surface area (Å²) in [5.41, 5.74) is 4.21. The molecule has 1 aliphatic heterocycles. The molecular formula is C20H28N4O. The molecule has 0 saturated carbocycles. The molecule has 2 aromatic rings. The normalized spacial score (nSPS) is 26.6. The van der Waals surface area contributed by atoms with Gasteiger partial charge >= 0.3 is 0 Å². The van der Waals surface area contributed by atoms with Crippen LogP contribution in [-0.4, -0.2) is 47.7 Å². The van der Waals surface area contributed by atoms with Crippen LogP contribution >= 0.6 is 0 Å². The molecule has 1 unspecified atom stereocenters. The van der Waals surface area contributed by atoms with Gasteiger partial charge in [-0.1, -0.05) is 6.07 Å². The maximum Gasteiger partial charge on any atom is 0.119 e. The molecule has 0 radical (unpaired) electrons. The first kappa shape index (κ1) is 16.6. The highest BCUT2D eigenvalue weighted by atomic mass is 16.5. The van der Waals surface area contributed by atoms with Gasteiger partial charge in [0, 0.05) is 50.0 Å². The Morgan fingerprint density at radius 2 is 2.12 bits per heavy atom. The molecule has 1 aliphatic carbocycles. The third-order valence-corrected chi connectivity index (χ3v) is 5.82. The van der Waals surface area contributed by atoms with Crippen molar-refractivity contribution >= 4 is 0 Å². The lowest BCUT2D eigenvalue weighted by Gasteiger charge is -2.31. The monoisotopic (exact) mass is 340 g/mol. The Bertz CT molecular complexity index is 741. The van der Waals surface area contributed by atoms with Crippen molar-refractivity contribution < 1.29 is 4.74 Å². The number of ether oxygens (including phenoxy) is 1. The molecule has 2 heterocycles. The molecule has 2 aliphatic rings.